The van der Waals surface area contributed by atoms with Gasteiger partial charge in [0.25, 0.3) is 11.8 Å². The van der Waals surface area contributed by atoms with Crippen LogP contribution in [0.3, 0.4) is 0 Å². The van der Waals surface area contributed by atoms with E-state index in [1.807, 2.05) is 24.3 Å². The van der Waals surface area contributed by atoms with E-state index in [0.717, 1.165) is 18.8 Å². The molecule has 1 atom stereocenters. The number of nitrogens with one attached hydrogen (secondary N) is 2. The quantitative estimate of drug-likeness (QED) is 0.463. The summed E-state index contributed by atoms with van der Waals surface area (Å²) in [6.07, 6.45) is 4.77. The van der Waals surface area contributed by atoms with Gasteiger partial charge in [-0.3, -0.25) is 19.3 Å². The van der Waals surface area contributed by atoms with E-state index in [9.17, 15) is 14.4 Å². The molecule has 5 rings (SSSR count). The predicted molar refractivity (Wildman–Crippen MR) is 141 cm³/mol. The number of hydrogen-bond donors (Lipinski definition) is 2. The van der Waals surface area contributed by atoms with Gasteiger partial charge in [0, 0.05) is 37.6 Å². The van der Waals surface area contributed by atoms with Crippen LogP contribution in [0.25, 0.3) is 0 Å². The van der Waals surface area contributed by atoms with E-state index >= 15 is 0 Å². The molecule has 0 radical (unpaired) electrons. The van der Waals surface area contributed by atoms with Gasteiger partial charge in [0.1, 0.15) is 12.6 Å². The minimum absolute atomic E-state index is 0.0725. The smallest absolute Gasteiger partial charge is 0.261 e. The van der Waals surface area contributed by atoms with E-state index in [0.29, 0.717) is 39.9 Å². The molecule has 2 heterocycles. The van der Waals surface area contributed by atoms with Crippen molar-refractivity contribution in [3.63, 3.8) is 0 Å². The average molecular weight is 531 g/mol. The molecule has 3 fully saturated rings. The highest BCUT2D eigenvalue weighted by atomic mass is 35.5. The van der Waals surface area contributed by atoms with Crippen LogP contribution in [0, 0.1) is 11.8 Å². The normalized spacial score (nSPS) is 18.8. The van der Waals surface area contributed by atoms with Crippen LogP contribution in [-0.4, -0.2) is 68.1 Å². The van der Waals surface area contributed by atoms with Crippen LogP contribution >= 0.6 is 22.9 Å². The minimum Gasteiger partial charge on any atom is -0.370 e. The van der Waals surface area contributed by atoms with E-state index < -0.39 is 6.04 Å². The first-order valence-electron chi connectivity index (χ1n) is 12.5. The monoisotopic (exact) mass is 530 g/mol. The second kappa shape index (κ2) is 11.3. The second-order valence-corrected chi connectivity index (χ2v) is 11.5. The number of carbonyl (C=O) groups is 3. The third kappa shape index (κ3) is 6.64. The molecule has 2 aliphatic carbocycles. The van der Waals surface area contributed by atoms with Crippen LogP contribution < -0.4 is 15.5 Å². The lowest BCUT2D eigenvalue weighted by Gasteiger charge is -2.31. The summed E-state index contributed by atoms with van der Waals surface area (Å²) in [5, 5.41) is 6.00. The van der Waals surface area contributed by atoms with Gasteiger partial charge in [0.05, 0.1) is 15.8 Å². The summed E-state index contributed by atoms with van der Waals surface area (Å²) in [6.45, 7) is 3.06. The number of hydrogen-bond acceptors (Lipinski definition) is 6. The Morgan fingerprint density at radius 1 is 1.08 bits per heavy atom. The van der Waals surface area contributed by atoms with Gasteiger partial charge in [-0.15, -0.1) is 11.3 Å². The molecule has 2 N–H and O–H groups in total. The molecule has 1 saturated heterocycles. The number of ether oxygens (including phenoxy) is 1. The lowest BCUT2D eigenvalue weighted by Crippen LogP contribution is -2.52. The third-order valence-electron chi connectivity index (χ3n) is 6.81. The van der Waals surface area contributed by atoms with Crippen LogP contribution in [0.2, 0.25) is 4.34 Å². The van der Waals surface area contributed by atoms with E-state index in [-0.39, 0.29) is 30.9 Å². The number of carbonyl (C=O) groups excluding carboxylic acids is 3. The van der Waals surface area contributed by atoms with Crippen LogP contribution in [0.15, 0.2) is 36.4 Å². The maximum Gasteiger partial charge on any atom is 0.261 e. The summed E-state index contributed by atoms with van der Waals surface area (Å²) in [4.78, 5) is 42.8. The highest BCUT2D eigenvalue weighted by molar-refractivity contribution is 7.18. The minimum atomic E-state index is -0.480. The Balaban J connectivity index is 1.27. The molecule has 1 aromatic carbocycles. The van der Waals surface area contributed by atoms with Crippen molar-refractivity contribution in [2.45, 2.75) is 31.7 Å². The largest absolute Gasteiger partial charge is 0.370 e. The fraction of sp³-hybridized carbons (Fsp3) is 0.500. The molecule has 10 heteroatoms. The summed E-state index contributed by atoms with van der Waals surface area (Å²) in [5.41, 5.74) is 1.44. The van der Waals surface area contributed by atoms with Crippen molar-refractivity contribution in [2.24, 2.45) is 11.8 Å². The fourth-order valence-corrected chi connectivity index (χ4v) is 5.39. The summed E-state index contributed by atoms with van der Waals surface area (Å²) in [6, 6.07) is 10.2. The Hall–Kier alpha value is -2.46. The molecule has 3 aliphatic rings. The maximum absolute atomic E-state index is 13.5. The van der Waals surface area contributed by atoms with E-state index in [1.54, 1.807) is 17.0 Å². The van der Waals surface area contributed by atoms with Gasteiger partial charge in [-0.25, -0.2) is 0 Å². The molecular formula is C26H31ClN4O4S. The number of nitrogens with zero attached hydrogens (tertiary/aromatic N) is 2. The number of benzene rings is 1. The van der Waals surface area contributed by atoms with Gasteiger partial charge in [0.15, 0.2) is 0 Å². The fourth-order valence-electron chi connectivity index (χ4n) is 4.43. The molecule has 0 bridgehead atoms. The van der Waals surface area contributed by atoms with Crippen LogP contribution in [0.4, 0.5) is 11.4 Å². The molecule has 2 aromatic rings. The summed E-state index contributed by atoms with van der Waals surface area (Å²) >= 11 is 7.22. The SMILES string of the molecule is O=C(NC[C@@H](C(=O)Nc1ccc(N2CCOCC2=O)cc1)N(CC1CC1)CC1CC1)c1ccc(Cl)s1. The molecule has 192 valence electrons. The number of thiophene rings is 1. The van der Waals surface area contributed by atoms with Crippen molar-refractivity contribution in [1.82, 2.24) is 10.2 Å². The van der Waals surface area contributed by atoms with Gasteiger partial charge in [0.2, 0.25) is 5.91 Å². The lowest BCUT2D eigenvalue weighted by molar-refractivity contribution is -0.125. The van der Waals surface area contributed by atoms with Gasteiger partial charge >= 0.3 is 0 Å². The number of halogens is 1. The van der Waals surface area contributed by atoms with Crippen molar-refractivity contribution in [2.75, 3.05) is 49.6 Å². The summed E-state index contributed by atoms with van der Waals surface area (Å²) in [7, 11) is 0. The molecule has 8 nitrogen and oxygen atoms in total. The van der Waals surface area contributed by atoms with Gasteiger partial charge in [-0.2, -0.15) is 0 Å². The Morgan fingerprint density at radius 2 is 1.78 bits per heavy atom. The predicted octanol–water partition coefficient (Wildman–Crippen LogP) is 3.62. The standard InChI is InChI=1S/C26H31ClN4O4S/c27-23-10-9-22(36-23)26(34)28-13-21(30(14-17-1-2-17)15-18-3-4-18)25(33)29-19-5-7-20(8-6-19)31-11-12-35-16-24(31)32/h5-10,17-18,21H,1-4,11-16H2,(H,28,34)(H,29,33)/t21-/m0/s1. The second-order valence-electron chi connectivity index (χ2n) is 9.80. The third-order valence-corrected chi connectivity index (χ3v) is 8.04. The molecule has 1 aliphatic heterocycles. The first-order chi connectivity index (χ1) is 17.5. The molecular weight excluding hydrogens is 500 g/mol. The Labute approximate surface area is 219 Å². The van der Waals surface area contributed by atoms with Crippen molar-refractivity contribution < 1.29 is 19.1 Å². The van der Waals surface area contributed by atoms with E-state index in [2.05, 4.69) is 15.5 Å². The first-order valence-corrected chi connectivity index (χ1v) is 13.7. The Morgan fingerprint density at radius 3 is 2.36 bits per heavy atom. The maximum atomic E-state index is 13.5. The number of rotatable bonds is 11. The Kier molecular flexibility index (Phi) is 7.90. The molecule has 1 aromatic heterocycles. The molecule has 0 unspecified atom stereocenters. The lowest BCUT2D eigenvalue weighted by atomic mass is 10.1. The summed E-state index contributed by atoms with van der Waals surface area (Å²) < 4.78 is 5.76. The zero-order chi connectivity index (χ0) is 25.1. The zero-order valence-corrected chi connectivity index (χ0v) is 21.7. The molecule has 2 saturated carbocycles. The zero-order valence-electron chi connectivity index (χ0n) is 20.1. The van der Waals surface area contributed by atoms with Gasteiger partial charge < -0.3 is 20.3 Å². The van der Waals surface area contributed by atoms with Gasteiger partial charge in [-0.1, -0.05) is 11.6 Å². The van der Waals surface area contributed by atoms with E-state index in [4.69, 9.17) is 16.3 Å². The molecule has 36 heavy (non-hydrogen) atoms. The highest BCUT2D eigenvalue weighted by Crippen LogP contribution is 2.34. The average Bonchev–Trinajstić information content (AvgIpc) is 3.81. The highest BCUT2D eigenvalue weighted by Gasteiger charge is 2.35. The topological polar surface area (TPSA) is 91.0 Å². The van der Waals surface area contributed by atoms with E-state index in [1.165, 1.54) is 37.0 Å². The number of anilines is 2. The first kappa shape index (κ1) is 25.2. The molecule has 3 amide bonds. The number of amides is 3. The number of morpholine rings is 1. The van der Waals surface area contributed by atoms with Crippen molar-refractivity contribution in [3.05, 3.63) is 45.6 Å². The van der Waals surface area contributed by atoms with Crippen molar-refractivity contribution in [1.29, 1.82) is 0 Å². The van der Waals surface area contributed by atoms with Gasteiger partial charge in [-0.05, 0) is 73.9 Å². The van der Waals surface area contributed by atoms with Crippen LogP contribution in [0.1, 0.15) is 35.4 Å². The Bertz CT molecular complexity index is 1090. The van der Waals surface area contributed by atoms with Crippen LogP contribution in [-0.2, 0) is 14.3 Å². The van der Waals surface area contributed by atoms with Crippen molar-refractivity contribution in [3.8, 4) is 0 Å². The van der Waals surface area contributed by atoms with Crippen LogP contribution in [0.5, 0.6) is 0 Å². The molecule has 0 spiro atoms. The summed E-state index contributed by atoms with van der Waals surface area (Å²) in [5.74, 6) is 0.807. The van der Waals surface area contributed by atoms with Crippen molar-refractivity contribution >= 4 is 52.0 Å².